The van der Waals surface area contributed by atoms with Gasteiger partial charge in [0.15, 0.2) is 11.0 Å². The quantitative estimate of drug-likeness (QED) is 0.477. The van der Waals surface area contributed by atoms with Crippen molar-refractivity contribution in [1.29, 1.82) is 5.41 Å². The lowest BCUT2D eigenvalue weighted by molar-refractivity contribution is -0.138. The number of amidine groups is 1. The molecule has 0 amide bonds. The van der Waals surface area contributed by atoms with Crippen molar-refractivity contribution in [1.82, 2.24) is 9.80 Å². The van der Waals surface area contributed by atoms with Gasteiger partial charge in [-0.2, -0.15) is 13.2 Å². The van der Waals surface area contributed by atoms with Gasteiger partial charge in [0.25, 0.3) is 0 Å². The Morgan fingerprint density at radius 1 is 1.20 bits per heavy atom. The molecular formula is C24H24F5N5S. The lowest BCUT2D eigenvalue weighted by Crippen LogP contribution is -2.53. The zero-order valence-electron chi connectivity index (χ0n) is 19.1. The highest BCUT2D eigenvalue weighted by Gasteiger charge is 2.39. The molecule has 186 valence electrons. The number of anilines is 1. The minimum atomic E-state index is -4.90. The molecule has 0 saturated carbocycles. The maximum atomic E-state index is 15.8. The predicted octanol–water partition coefficient (Wildman–Crippen LogP) is 3.81. The fraction of sp³-hybridized carbons (Fsp3) is 0.417. The highest BCUT2D eigenvalue weighted by Crippen LogP contribution is 2.34. The number of likely N-dealkylation sites (tertiary alicyclic amines) is 1. The summed E-state index contributed by atoms with van der Waals surface area (Å²) in [5.41, 5.74) is 5.03. The summed E-state index contributed by atoms with van der Waals surface area (Å²) in [6, 6.07) is 3.51. The fourth-order valence-corrected chi connectivity index (χ4v) is 6.33. The first-order valence-corrected chi connectivity index (χ1v) is 12.2. The first-order chi connectivity index (χ1) is 16.5. The number of fused-ring (bicyclic) bond motifs is 3. The van der Waals surface area contributed by atoms with Crippen LogP contribution >= 0.6 is 11.8 Å². The normalized spacial score (nSPS) is 24.0. The molecule has 5 nitrogen and oxygen atoms in total. The lowest BCUT2D eigenvalue weighted by Gasteiger charge is -2.42. The zero-order chi connectivity index (χ0) is 25.2. The molecule has 2 saturated heterocycles. The second-order valence-corrected chi connectivity index (χ2v) is 10.1. The predicted molar refractivity (Wildman–Crippen MR) is 124 cm³/mol. The van der Waals surface area contributed by atoms with E-state index in [4.69, 9.17) is 11.1 Å². The molecule has 0 aromatic heterocycles. The van der Waals surface area contributed by atoms with Crippen LogP contribution in [0, 0.1) is 27.5 Å². The van der Waals surface area contributed by atoms with E-state index in [1.54, 1.807) is 6.92 Å². The number of hydrogen-bond donors (Lipinski definition) is 2. The smallest absolute Gasteiger partial charge is 0.396 e. The van der Waals surface area contributed by atoms with Crippen molar-refractivity contribution in [2.75, 3.05) is 25.4 Å². The molecule has 3 aliphatic rings. The van der Waals surface area contributed by atoms with Crippen LogP contribution in [-0.4, -0.2) is 46.7 Å². The van der Waals surface area contributed by atoms with Crippen molar-refractivity contribution >= 4 is 28.3 Å². The van der Waals surface area contributed by atoms with Crippen molar-refractivity contribution in [2.45, 2.75) is 49.8 Å². The van der Waals surface area contributed by atoms with E-state index < -0.39 is 34.3 Å². The molecule has 11 heteroatoms. The fourth-order valence-electron chi connectivity index (χ4n) is 5.58. The Morgan fingerprint density at radius 3 is 2.46 bits per heavy atom. The molecule has 5 rings (SSSR count). The van der Waals surface area contributed by atoms with Crippen molar-refractivity contribution in [3.8, 4) is 0 Å². The molecule has 0 spiro atoms. The number of benzene rings is 2. The van der Waals surface area contributed by atoms with Crippen LogP contribution in [0.5, 0.6) is 0 Å². The Bertz CT molecular complexity index is 1440. The average Bonchev–Trinajstić information content (AvgIpc) is 3.31. The number of nitrogens with zero attached hydrogens (tertiary/aromatic N) is 3. The van der Waals surface area contributed by atoms with E-state index in [1.807, 2.05) is 4.90 Å². The third-order valence-electron chi connectivity index (χ3n) is 7.24. The summed E-state index contributed by atoms with van der Waals surface area (Å²) >= 11 is 0.677. The number of alkyl halides is 3. The standard InChI is InChI=1S/C24H24F5N5S/c1-3-34-12-4-5-13(34)10-33(9-12)11(2)15-8-16(24(27,28)29)18(19(26)20(15)30)14-6-7-17(25)22-21(14)32-23(31)35-22/h6-8,12-13,31H,3-5,9-10,30H2,1-2H3/b15-11+,18-14+,31-23?. The molecule has 2 bridgehead atoms. The first kappa shape index (κ1) is 24.1. The van der Waals surface area contributed by atoms with Crippen molar-refractivity contribution in [3.05, 3.63) is 56.4 Å². The van der Waals surface area contributed by atoms with Gasteiger partial charge >= 0.3 is 6.18 Å². The molecule has 0 aliphatic carbocycles. The summed E-state index contributed by atoms with van der Waals surface area (Å²) in [5.74, 6) is -1.96. The topological polar surface area (TPSA) is 68.7 Å². The van der Waals surface area contributed by atoms with E-state index >= 15 is 4.39 Å². The second-order valence-electron chi connectivity index (χ2n) is 9.07. The van der Waals surface area contributed by atoms with Crippen LogP contribution in [0.4, 0.5) is 27.6 Å². The van der Waals surface area contributed by atoms with E-state index in [0.29, 0.717) is 42.6 Å². The van der Waals surface area contributed by atoms with Gasteiger partial charge in [-0.1, -0.05) is 6.92 Å². The van der Waals surface area contributed by atoms with E-state index in [9.17, 15) is 17.6 Å². The molecule has 2 aromatic rings. The van der Waals surface area contributed by atoms with Crippen LogP contribution in [0.1, 0.15) is 32.3 Å². The number of nitrogens with two attached hydrogens (primary N) is 1. The van der Waals surface area contributed by atoms with E-state index in [-0.39, 0.29) is 25.9 Å². The van der Waals surface area contributed by atoms with Gasteiger partial charge in [-0.3, -0.25) is 10.3 Å². The van der Waals surface area contributed by atoms with E-state index in [0.717, 1.165) is 37.6 Å². The number of likely N-dealkylation sites (N-methyl/N-ethyl adjacent to an activating group) is 1. The molecule has 2 fully saturated rings. The molecule has 0 radical (unpaired) electrons. The lowest BCUT2D eigenvalue weighted by atomic mass is 10.0. The number of thioether (sulfide) groups is 1. The van der Waals surface area contributed by atoms with Crippen molar-refractivity contribution < 1.29 is 22.0 Å². The summed E-state index contributed by atoms with van der Waals surface area (Å²) in [5, 5.41) is 6.21. The molecule has 35 heavy (non-hydrogen) atoms. The number of piperazine rings is 1. The Labute approximate surface area is 202 Å². The number of nitrogens with one attached hydrogen (secondary N) is 1. The number of halogens is 5. The van der Waals surface area contributed by atoms with Gasteiger partial charge in [0, 0.05) is 46.5 Å². The largest absolute Gasteiger partial charge is 0.417 e. The minimum Gasteiger partial charge on any atom is -0.396 e. The van der Waals surface area contributed by atoms with Gasteiger partial charge < -0.3 is 10.6 Å². The van der Waals surface area contributed by atoms with Crippen LogP contribution in [-0.2, 0) is 6.18 Å². The molecule has 2 unspecified atom stereocenters. The van der Waals surface area contributed by atoms with Gasteiger partial charge in [-0.25, -0.2) is 13.8 Å². The molecule has 3 aliphatic heterocycles. The Kier molecular flexibility index (Phi) is 5.83. The van der Waals surface area contributed by atoms with Crippen LogP contribution in [0.3, 0.4) is 0 Å². The SMILES string of the molecule is CCN1C2CCC1CN(/C(C)=c1\cc(C(F)(F)F)/c(=c3/ccc(F)c4c3=NC(=N)S4)c(F)c1N)C2. The summed E-state index contributed by atoms with van der Waals surface area (Å²) in [6.07, 6.45) is -2.87. The number of hydrogen-bond acceptors (Lipinski definition) is 5. The molecule has 2 atom stereocenters. The Balaban J connectivity index is 1.81. The maximum Gasteiger partial charge on any atom is 0.417 e. The molecular weight excluding hydrogens is 485 g/mol. The highest BCUT2D eigenvalue weighted by atomic mass is 32.2. The van der Waals surface area contributed by atoms with E-state index in [2.05, 4.69) is 16.8 Å². The van der Waals surface area contributed by atoms with Gasteiger partial charge in [0.05, 0.1) is 21.5 Å². The first-order valence-electron chi connectivity index (χ1n) is 11.4. The number of nitrogen functional groups attached to an aromatic ring is 1. The summed E-state index contributed by atoms with van der Waals surface area (Å²) in [4.78, 5) is 8.18. The summed E-state index contributed by atoms with van der Waals surface area (Å²) in [6.45, 7) is 5.97. The van der Waals surface area contributed by atoms with Crippen LogP contribution < -0.4 is 16.3 Å². The monoisotopic (exact) mass is 509 g/mol. The average molecular weight is 510 g/mol. The van der Waals surface area contributed by atoms with Crippen molar-refractivity contribution in [2.24, 2.45) is 4.99 Å². The van der Waals surface area contributed by atoms with Gasteiger partial charge in [-0.05, 0) is 56.3 Å². The zero-order valence-corrected chi connectivity index (χ0v) is 20.0. The Hall–Kier alpha value is -2.66. The van der Waals surface area contributed by atoms with Crippen LogP contribution in [0.25, 0.3) is 5.70 Å². The minimum absolute atomic E-state index is 0.000683. The maximum absolute atomic E-state index is 15.8. The third kappa shape index (κ3) is 3.88. The summed E-state index contributed by atoms with van der Waals surface area (Å²) < 4.78 is 72.8. The Morgan fingerprint density at radius 2 is 1.86 bits per heavy atom. The third-order valence-corrected chi connectivity index (χ3v) is 8.11. The second kappa shape index (κ2) is 8.48. The van der Waals surface area contributed by atoms with Crippen LogP contribution in [0.2, 0.25) is 0 Å². The molecule has 3 N–H and O–H groups in total. The van der Waals surface area contributed by atoms with Gasteiger partial charge in [0.1, 0.15) is 5.82 Å². The summed E-state index contributed by atoms with van der Waals surface area (Å²) in [7, 11) is 0. The highest BCUT2D eigenvalue weighted by molar-refractivity contribution is 8.14. The van der Waals surface area contributed by atoms with Gasteiger partial charge in [-0.15, -0.1) is 0 Å². The number of rotatable bonds is 2. The van der Waals surface area contributed by atoms with Crippen LogP contribution in [0.15, 0.2) is 28.1 Å². The molecule has 2 aromatic carbocycles. The van der Waals surface area contributed by atoms with Gasteiger partial charge in [0.2, 0.25) is 0 Å². The van der Waals surface area contributed by atoms with Crippen molar-refractivity contribution in [3.63, 3.8) is 0 Å². The molecule has 3 heterocycles. The van der Waals surface area contributed by atoms with E-state index in [1.165, 1.54) is 0 Å².